The lowest BCUT2D eigenvalue weighted by Crippen LogP contribution is -2.02. The normalized spacial score (nSPS) is 21.1. The Morgan fingerprint density at radius 2 is 2.29 bits per heavy atom. The second-order valence-electron chi connectivity index (χ2n) is 4.24. The van der Waals surface area contributed by atoms with E-state index in [2.05, 4.69) is 11.8 Å². The van der Waals surface area contributed by atoms with Crippen molar-refractivity contribution in [2.75, 3.05) is 0 Å². The quantitative estimate of drug-likeness (QED) is 0.676. The Bertz CT molecular complexity index is 325. The maximum atomic E-state index is 10.6. The van der Waals surface area contributed by atoms with Gasteiger partial charge in [-0.1, -0.05) is 17.9 Å². The zero-order valence-corrected chi connectivity index (χ0v) is 9.44. The molecule has 0 saturated heterocycles. The van der Waals surface area contributed by atoms with Crippen LogP contribution in [0.25, 0.3) is 0 Å². The first-order valence-electron chi connectivity index (χ1n) is 4.51. The summed E-state index contributed by atoms with van der Waals surface area (Å²) in [7, 11) is 0. The van der Waals surface area contributed by atoms with E-state index >= 15 is 0 Å². The lowest BCUT2D eigenvalue weighted by atomic mass is 9.98. The number of aliphatic carboxylic acids is 1. The Kier molecular flexibility index (Phi) is 3.28. The molecule has 3 heteroatoms. The van der Waals surface area contributed by atoms with E-state index in [1.165, 1.54) is 11.8 Å². The van der Waals surface area contributed by atoms with Crippen LogP contribution in [0, 0.1) is 17.3 Å². The lowest BCUT2D eigenvalue weighted by Gasteiger charge is -2.08. The van der Waals surface area contributed by atoms with Crippen LogP contribution in [-0.4, -0.2) is 16.3 Å². The third kappa shape index (κ3) is 3.47. The molecule has 0 fully saturated rings. The molecule has 2 nitrogen and oxygen atoms in total. The van der Waals surface area contributed by atoms with Crippen molar-refractivity contribution in [1.29, 1.82) is 0 Å². The highest BCUT2D eigenvalue weighted by atomic mass is 32.2. The van der Waals surface area contributed by atoms with Crippen molar-refractivity contribution in [3.05, 3.63) is 11.0 Å². The van der Waals surface area contributed by atoms with E-state index in [-0.39, 0.29) is 10.7 Å². The Balaban J connectivity index is 2.54. The van der Waals surface area contributed by atoms with Crippen molar-refractivity contribution < 1.29 is 9.90 Å². The van der Waals surface area contributed by atoms with E-state index in [4.69, 9.17) is 5.11 Å². The highest BCUT2D eigenvalue weighted by Gasteiger charge is 2.20. The van der Waals surface area contributed by atoms with Crippen LogP contribution in [0.3, 0.4) is 0 Å². The van der Waals surface area contributed by atoms with Crippen molar-refractivity contribution in [3.8, 4) is 11.8 Å². The van der Waals surface area contributed by atoms with E-state index in [1.54, 1.807) is 6.08 Å². The zero-order valence-electron chi connectivity index (χ0n) is 8.63. The number of thioether (sulfide) groups is 1. The maximum Gasteiger partial charge on any atom is 0.341 e. The summed E-state index contributed by atoms with van der Waals surface area (Å²) in [6, 6.07) is 0. The molecule has 0 saturated carbocycles. The fourth-order valence-electron chi connectivity index (χ4n) is 0.987. The molecule has 0 aromatic heterocycles. The molecule has 1 aliphatic heterocycles. The Morgan fingerprint density at radius 1 is 1.64 bits per heavy atom. The molecule has 1 N–H and O–H groups in total. The smallest absolute Gasteiger partial charge is 0.341 e. The van der Waals surface area contributed by atoms with Gasteiger partial charge < -0.3 is 5.11 Å². The molecular weight excluding hydrogens is 196 g/mol. The zero-order chi connectivity index (χ0) is 10.8. The summed E-state index contributed by atoms with van der Waals surface area (Å²) in [5, 5.41) is 8.85. The first-order chi connectivity index (χ1) is 6.38. The summed E-state index contributed by atoms with van der Waals surface area (Å²) in [6.45, 7) is 6.14. The minimum atomic E-state index is -0.838. The molecule has 0 aromatic carbocycles. The van der Waals surface area contributed by atoms with E-state index in [1.807, 2.05) is 20.8 Å². The minimum absolute atomic E-state index is 0.00740. The van der Waals surface area contributed by atoms with Gasteiger partial charge in [0.15, 0.2) is 0 Å². The summed E-state index contributed by atoms with van der Waals surface area (Å²) in [6.07, 6.45) is 2.49. The Labute approximate surface area is 88.8 Å². The van der Waals surface area contributed by atoms with Crippen molar-refractivity contribution in [3.63, 3.8) is 0 Å². The number of carboxylic acids is 1. The van der Waals surface area contributed by atoms with Crippen molar-refractivity contribution >= 4 is 17.7 Å². The average Bonchev–Trinajstić information content (AvgIpc) is 2.47. The van der Waals surface area contributed by atoms with Crippen molar-refractivity contribution in [1.82, 2.24) is 0 Å². The average molecular weight is 210 g/mol. The van der Waals surface area contributed by atoms with Crippen LogP contribution in [0.5, 0.6) is 0 Å². The topological polar surface area (TPSA) is 37.3 Å². The fraction of sp³-hybridized carbons (Fsp3) is 0.545. The molecule has 1 heterocycles. The lowest BCUT2D eigenvalue weighted by molar-refractivity contribution is -0.131. The first kappa shape index (κ1) is 11.2. The highest BCUT2D eigenvalue weighted by molar-refractivity contribution is 8.05. The van der Waals surface area contributed by atoms with Gasteiger partial charge in [0.2, 0.25) is 0 Å². The Morgan fingerprint density at radius 3 is 2.71 bits per heavy atom. The summed E-state index contributed by atoms with van der Waals surface area (Å²) >= 11 is 1.35. The van der Waals surface area contributed by atoms with Gasteiger partial charge in [-0.15, -0.1) is 11.8 Å². The molecule has 1 unspecified atom stereocenters. The number of carboxylic acid groups (broad SMARTS) is 1. The summed E-state index contributed by atoms with van der Waals surface area (Å²) in [5.41, 5.74) is -0.00740. The van der Waals surface area contributed by atoms with Gasteiger partial charge in [0.05, 0.1) is 10.2 Å². The van der Waals surface area contributed by atoms with Crippen molar-refractivity contribution in [2.45, 2.75) is 32.4 Å². The SMILES string of the molecule is CC(C)(C)C#CC1CC=C(C(=O)O)S1. The van der Waals surface area contributed by atoms with Crippen LogP contribution in [0.1, 0.15) is 27.2 Å². The predicted octanol–water partition coefficient (Wildman–Crippen LogP) is 2.51. The molecule has 0 aromatic rings. The Hall–Kier alpha value is -0.880. The monoisotopic (exact) mass is 210 g/mol. The third-order valence-electron chi connectivity index (χ3n) is 1.61. The summed E-state index contributed by atoms with van der Waals surface area (Å²) < 4.78 is 0. The molecule has 1 aliphatic rings. The second-order valence-corrected chi connectivity index (χ2v) is 5.48. The van der Waals surface area contributed by atoms with E-state index < -0.39 is 5.97 Å². The molecule has 14 heavy (non-hydrogen) atoms. The number of carbonyl (C=O) groups is 1. The van der Waals surface area contributed by atoms with Gasteiger partial charge in [0.1, 0.15) is 0 Å². The number of hydrogen-bond donors (Lipinski definition) is 1. The van der Waals surface area contributed by atoms with Gasteiger partial charge in [0, 0.05) is 5.41 Å². The van der Waals surface area contributed by atoms with E-state index in [0.29, 0.717) is 4.91 Å². The van der Waals surface area contributed by atoms with Gasteiger partial charge in [-0.2, -0.15) is 0 Å². The van der Waals surface area contributed by atoms with E-state index in [0.717, 1.165) is 6.42 Å². The molecule has 0 radical (unpaired) electrons. The van der Waals surface area contributed by atoms with E-state index in [9.17, 15) is 4.79 Å². The standard InChI is InChI=1S/C11H14O2S/c1-11(2,3)7-6-8-4-5-9(14-8)10(12)13/h5,8H,4H2,1-3H3,(H,12,13). The molecule has 0 bridgehead atoms. The predicted molar refractivity (Wildman–Crippen MR) is 58.9 cm³/mol. The first-order valence-corrected chi connectivity index (χ1v) is 5.39. The highest BCUT2D eigenvalue weighted by Crippen LogP contribution is 2.32. The molecule has 76 valence electrons. The van der Waals surface area contributed by atoms with Crippen LogP contribution < -0.4 is 0 Å². The van der Waals surface area contributed by atoms with Crippen LogP contribution >= 0.6 is 11.8 Å². The fourth-order valence-corrected chi connectivity index (χ4v) is 1.90. The number of rotatable bonds is 1. The van der Waals surface area contributed by atoms with Crippen LogP contribution in [0.15, 0.2) is 11.0 Å². The number of allylic oxidation sites excluding steroid dienone is 1. The number of hydrogen-bond acceptors (Lipinski definition) is 2. The second kappa shape index (κ2) is 4.10. The van der Waals surface area contributed by atoms with Gasteiger partial charge >= 0.3 is 5.97 Å². The molecular formula is C11H14O2S. The molecule has 1 atom stereocenters. The van der Waals surface area contributed by atoms with Gasteiger partial charge in [-0.25, -0.2) is 4.79 Å². The van der Waals surface area contributed by atoms with Gasteiger partial charge in [-0.05, 0) is 27.2 Å². The molecule has 0 aliphatic carbocycles. The minimum Gasteiger partial charge on any atom is -0.477 e. The summed E-state index contributed by atoms with van der Waals surface area (Å²) in [4.78, 5) is 11.0. The molecule has 0 spiro atoms. The molecule has 0 amide bonds. The van der Waals surface area contributed by atoms with Gasteiger partial charge in [-0.3, -0.25) is 0 Å². The van der Waals surface area contributed by atoms with Crippen molar-refractivity contribution in [2.24, 2.45) is 5.41 Å². The maximum absolute atomic E-state index is 10.6. The van der Waals surface area contributed by atoms with Crippen LogP contribution in [0.4, 0.5) is 0 Å². The molecule has 1 rings (SSSR count). The largest absolute Gasteiger partial charge is 0.477 e. The van der Waals surface area contributed by atoms with Gasteiger partial charge in [0.25, 0.3) is 0 Å². The summed E-state index contributed by atoms with van der Waals surface area (Å²) in [5.74, 6) is 5.39. The third-order valence-corrected chi connectivity index (χ3v) is 2.80. The van der Waals surface area contributed by atoms with Crippen LogP contribution in [-0.2, 0) is 4.79 Å². The van der Waals surface area contributed by atoms with Crippen LogP contribution in [0.2, 0.25) is 0 Å².